The second-order valence-corrected chi connectivity index (χ2v) is 5.63. The molecule has 0 aromatic heterocycles. The van der Waals surface area contributed by atoms with Crippen molar-refractivity contribution in [1.29, 1.82) is 0 Å². The van der Waals surface area contributed by atoms with E-state index in [9.17, 15) is 0 Å². The Bertz CT molecular complexity index is 197. The van der Waals surface area contributed by atoms with Crippen molar-refractivity contribution >= 4 is 0 Å². The molecule has 1 heterocycles. The van der Waals surface area contributed by atoms with Gasteiger partial charge in [-0.3, -0.25) is 0 Å². The van der Waals surface area contributed by atoms with Crippen LogP contribution in [0.25, 0.3) is 0 Å². The lowest BCUT2D eigenvalue weighted by atomic mass is 9.86. The maximum atomic E-state index is 3.64. The van der Waals surface area contributed by atoms with Crippen LogP contribution in [-0.2, 0) is 0 Å². The molecule has 96 valence electrons. The molecule has 1 aliphatic heterocycles. The standard InChI is InChI=1S/C14H31N2/c1-6-9-16(8-3,10-7-2)13(5)14-12(4)11-15-14/h12-15H,6-11H2,1-5H3/q+1. The molecule has 1 aliphatic rings. The first kappa shape index (κ1) is 14.0. The number of nitrogens with one attached hydrogen (secondary N) is 1. The summed E-state index contributed by atoms with van der Waals surface area (Å²) in [4.78, 5) is 0. The van der Waals surface area contributed by atoms with Crippen molar-refractivity contribution in [2.45, 2.75) is 59.5 Å². The summed E-state index contributed by atoms with van der Waals surface area (Å²) < 4.78 is 1.31. The number of nitrogens with zero attached hydrogens (tertiary/aromatic N) is 1. The molecule has 0 bridgehead atoms. The summed E-state index contributed by atoms with van der Waals surface area (Å²) in [6, 6.07) is 1.52. The molecule has 0 aliphatic carbocycles. The van der Waals surface area contributed by atoms with Crippen LogP contribution in [0.3, 0.4) is 0 Å². The van der Waals surface area contributed by atoms with Crippen LogP contribution < -0.4 is 5.32 Å². The molecule has 0 aromatic carbocycles. The molecule has 16 heavy (non-hydrogen) atoms. The zero-order valence-corrected chi connectivity index (χ0v) is 11.9. The van der Waals surface area contributed by atoms with E-state index in [4.69, 9.17) is 0 Å². The highest BCUT2D eigenvalue weighted by Gasteiger charge is 2.42. The number of likely N-dealkylation sites (N-methyl/N-ethyl adjacent to an activating group) is 1. The lowest BCUT2D eigenvalue weighted by molar-refractivity contribution is -0.950. The van der Waals surface area contributed by atoms with Crippen LogP contribution >= 0.6 is 0 Å². The Morgan fingerprint density at radius 3 is 2.00 bits per heavy atom. The fraction of sp³-hybridized carbons (Fsp3) is 1.00. The molecule has 0 radical (unpaired) electrons. The van der Waals surface area contributed by atoms with Gasteiger partial charge in [0.05, 0.1) is 25.7 Å². The molecular weight excluding hydrogens is 196 g/mol. The van der Waals surface area contributed by atoms with Crippen LogP contribution in [0.15, 0.2) is 0 Å². The first-order chi connectivity index (χ1) is 7.61. The second-order valence-electron chi connectivity index (χ2n) is 5.63. The van der Waals surface area contributed by atoms with E-state index < -0.39 is 0 Å². The SMILES string of the molecule is CCC[N+](CC)(CCC)C(C)C1NCC1C. The van der Waals surface area contributed by atoms with Crippen LogP contribution in [0.2, 0.25) is 0 Å². The second kappa shape index (κ2) is 6.02. The molecule has 2 nitrogen and oxygen atoms in total. The summed E-state index contributed by atoms with van der Waals surface area (Å²) in [6.07, 6.45) is 2.61. The normalized spacial score (nSPS) is 27.6. The van der Waals surface area contributed by atoms with Gasteiger partial charge in [-0.2, -0.15) is 0 Å². The Morgan fingerprint density at radius 2 is 1.75 bits per heavy atom. The van der Waals surface area contributed by atoms with Crippen LogP contribution in [0.5, 0.6) is 0 Å². The fourth-order valence-electron chi connectivity index (χ4n) is 3.49. The minimum Gasteiger partial charge on any atom is -0.320 e. The smallest absolute Gasteiger partial charge is 0.102 e. The average molecular weight is 227 g/mol. The van der Waals surface area contributed by atoms with Crippen molar-refractivity contribution in [2.24, 2.45) is 5.92 Å². The first-order valence-electron chi connectivity index (χ1n) is 7.20. The van der Waals surface area contributed by atoms with Crippen molar-refractivity contribution in [3.05, 3.63) is 0 Å². The summed E-state index contributed by atoms with van der Waals surface area (Å²) in [5.74, 6) is 0.868. The molecular formula is C14H31N2+. The molecule has 1 saturated heterocycles. The average Bonchev–Trinajstić information content (AvgIpc) is 2.26. The Kier molecular flexibility index (Phi) is 5.26. The third-order valence-electron chi connectivity index (χ3n) is 4.64. The van der Waals surface area contributed by atoms with E-state index >= 15 is 0 Å². The van der Waals surface area contributed by atoms with E-state index in [1.165, 1.54) is 43.5 Å². The summed E-state index contributed by atoms with van der Waals surface area (Å²) in [7, 11) is 0. The number of quaternary nitrogens is 1. The van der Waals surface area contributed by atoms with Gasteiger partial charge in [-0.1, -0.05) is 20.8 Å². The van der Waals surface area contributed by atoms with Crippen molar-refractivity contribution in [2.75, 3.05) is 26.2 Å². The lowest BCUT2D eigenvalue weighted by Gasteiger charge is -2.51. The van der Waals surface area contributed by atoms with Gasteiger partial charge < -0.3 is 9.80 Å². The summed E-state index contributed by atoms with van der Waals surface area (Å²) in [6.45, 7) is 17.1. The molecule has 3 unspecified atom stereocenters. The van der Waals surface area contributed by atoms with E-state index in [1.54, 1.807) is 0 Å². The lowest BCUT2D eigenvalue weighted by Crippen LogP contribution is -2.68. The van der Waals surface area contributed by atoms with Gasteiger partial charge in [0.25, 0.3) is 0 Å². The molecule has 0 spiro atoms. The monoisotopic (exact) mass is 227 g/mol. The molecule has 1 rings (SSSR count). The third-order valence-corrected chi connectivity index (χ3v) is 4.64. The Hall–Kier alpha value is -0.0800. The Labute approximate surface area is 102 Å². The predicted molar refractivity (Wildman–Crippen MR) is 71.5 cm³/mol. The molecule has 2 heteroatoms. The minimum absolute atomic E-state index is 0.748. The highest BCUT2D eigenvalue weighted by atomic mass is 15.4. The van der Waals surface area contributed by atoms with Crippen LogP contribution in [0, 0.1) is 5.92 Å². The van der Waals surface area contributed by atoms with Gasteiger partial charge >= 0.3 is 0 Å². The van der Waals surface area contributed by atoms with Crippen LogP contribution in [-0.4, -0.2) is 42.7 Å². The molecule has 0 saturated carbocycles. The number of rotatable bonds is 7. The van der Waals surface area contributed by atoms with E-state index in [0.29, 0.717) is 0 Å². The fourth-order valence-corrected chi connectivity index (χ4v) is 3.49. The Morgan fingerprint density at radius 1 is 1.19 bits per heavy atom. The van der Waals surface area contributed by atoms with Crippen molar-refractivity contribution in [3.63, 3.8) is 0 Å². The number of hydrogen-bond acceptors (Lipinski definition) is 1. The molecule has 0 aromatic rings. The van der Waals surface area contributed by atoms with Gasteiger partial charge in [0, 0.05) is 0 Å². The topological polar surface area (TPSA) is 12.0 Å². The predicted octanol–water partition coefficient (Wildman–Crippen LogP) is 2.64. The van der Waals surface area contributed by atoms with Crippen LogP contribution in [0.1, 0.15) is 47.5 Å². The van der Waals surface area contributed by atoms with Gasteiger partial charge in [-0.25, -0.2) is 0 Å². The van der Waals surface area contributed by atoms with Gasteiger partial charge in [-0.05, 0) is 39.2 Å². The van der Waals surface area contributed by atoms with E-state index in [-0.39, 0.29) is 0 Å². The van der Waals surface area contributed by atoms with Gasteiger partial charge in [0.2, 0.25) is 0 Å². The molecule has 3 atom stereocenters. The number of hydrogen-bond donors (Lipinski definition) is 1. The highest BCUT2D eigenvalue weighted by molar-refractivity contribution is 4.90. The zero-order valence-electron chi connectivity index (χ0n) is 11.9. The summed E-state index contributed by atoms with van der Waals surface area (Å²) in [5.41, 5.74) is 0. The van der Waals surface area contributed by atoms with Gasteiger partial charge in [0.15, 0.2) is 0 Å². The van der Waals surface area contributed by atoms with Gasteiger partial charge in [0.1, 0.15) is 6.04 Å². The summed E-state index contributed by atoms with van der Waals surface area (Å²) in [5, 5.41) is 3.64. The van der Waals surface area contributed by atoms with Crippen LogP contribution in [0.4, 0.5) is 0 Å². The maximum Gasteiger partial charge on any atom is 0.102 e. The molecule has 0 amide bonds. The maximum absolute atomic E-state index is 3.64. The summed E-state index contributed by atoms with van der Waals surface area (Å²) >= 11 is 0. The van der Waals surface area contributed by atoms with Crippen molar-refractivity contribution in [1.82, 2.24) is 5.32 Å². The van der Waals surface area contributed by atoms with Gasteiger partial charge in [-0.15, -0.1) is 0 Å². The Balaban J connectivity index is 2.72. The highest BCUT2D eigenvalue weighted by Crippen LogP contribution is 2.26. The molecule has 1 N–H and O–H groups in total. The van der Waals surface area contributed by atoms with E-state index in [1.807, 2.05) is 0 Å². The van der Waals surface area contributed by atoms with E-state index in [0.717, 1.165) is 18.0 Å². The third kappa shape index (κ3) is 2.60. The zero-order chi connectivity index (χ0) is 12.2. The van der Waals surface area contributed by atoms with Crippen molar-refractivity contribution in [3.8, 4) is 0 Å². The van der Waals surface area contributed by atoms with Crippen molar-refractivity contribution < 1.29 is 4.48 Å². The quantitative estimate of drug-likeness (QED) is 0.659. The van der Waals surface area contributed by atoms with E-state index in [2.05, 4.69) is 39.9 Å². The first-order valence-corrected chi connectivity index (χ1v) is 7.20. The molecule has 1 fully saturated rings. The minimum atomic E-state index is 0.748. The largest absolute Gasteiger partial charge is 0.320 e.